The van der Waals surface area contributed by atoms with E-state index < -0.39 is 11.9 Å². The number of rotatable bonds is 3. The molecule has 0 aliphatic rings. The number of alkyl halides is 4. The summed E-state index contributed by atoms with van der Waals surface area (Å²) < 4.78 is 36.8. The van der Waals surface area contributed by atoms with E-state index in [4.69, 9.17) is 11.6 Å². The van der Waals surface area contributed by atoms with Gasteiger partial charge in [0.05, 0.1) is 0 Å². The van der Waals surface area contributed by atoms with Gasteiger partial charge in [-0.3, -0.25) is 0 Å². The van der Waals surface area contributed by atoms with Gasteiger partial charge in [0.2, 0.25) is 0 Å². The zero-order chi connectivity index (χ0) is 11.5. The number of hydrogen-bond acceptors (Lipinski definition) is 3. The summed E-state index contributed by atoms with van der Waals surface area (Å²) in [6.07, 6.45) is -3.33. The quantitative estimate of drug-likeness (QED) is 0.472. The highest BCUT2D eigenvalue weighted by Gasteiger charge is 2.32. The summed E-state index contributed by atoms with van der Waals surface area (Å²) in [5.74, 6) is 0.338. The largest absolute Gasteiger partial charge is 0.433 e. The van der Waals surface area contributed by atoms with Crippen LogP contribution in [0.4, 0.5) is 13.2 Å². The van der Waals surface area contributed by atoms with Crippen molar-refractivity contribution in [2.24, 2.45) is 0 Å². The van der Waals surface area contributed by atoms with Gasteiger partial charge in [0.15, 0.2) is 5.16 Å². The number of aromatic nitrogens is 2. The van der Waals surface area contributed by atoms with E-state index in [0.29, 0.717) is 5.88 Å². The van der Waals surface area contributed by atoms with Crippen LogP contribution in [0.15, 0.2) is 17.4 Å². The summed E-state index contributed by atoms with van der Waals surface area (Å²) in [7, 11) is 0. The molecule has 1 unspecified atom stereocenters. The Hall–Kier alpha value is -0.490. The monoisotopic (exact) mass is 256 g/mol. The SMILES string of the molecule is CC(CCl)Sc1nccc(C(F)(F)F)n1. The lowest BCUT2D eigenvalue weighted by Gasteiger charge is -2.08. The van der Waals surface area contributed by atoms with E-state index in [2.05, 4.69) is 9.97 Å². The molecule has 15 heavy (non-hydrogen) atoms. The third kappa shape index (κ3) is 3.87. The van der Waals surface area contributed by atoms with E-state index in [-0.39, 0.29) is 10.4 Å². The molecule has 1 heterocycles. The smallest absolute Gasteiger partial charge is 0.231 e. The van der Waals surface area contributed by atoms with Crippen LogP contribution in [0.2, 0.25) is 0 Å². The van der Waals surface area contributed by atoms with Gasteiger partial charge in [-0.25, -0.2) is 9.97 Å². The fourth-order valence-corrected chi connectivity index (χ4v) is 1.65. The molecule has 1 aromatic heterocycles. The van der Waals surface area contributed by atoms with E-state index >= 15 is 0 Å². The van der Waals surface area contributed by atoms with Gasteiger partial charge in [-0.05, 0) is 6.07 Å². The summed E-state index contributed by atoms with van der Waals surface area (Å²) in [5, 5.41) is 0.0770. The van der Waals surface area contributed by atoms with Crippen molar-refractivity contribution in [1.29, 1.82) is 0 Å². The Morgan fingerprint density at radius 3 is 2.73 bits per heavy atom. The van der Waals surface area contributed by atoms with Crippen LogP contribution in [0, 0.1) is 0 Å². The molecule has 0 aliphatic heterocycles. The minimum absolute atomic E-state index is 0.0184. The third-order valence-electron chi connectivity index (χ3n) is 1.45. The predicted octanol–water partition coefficient (Wildman–Crippen LogP) is 3.21. The molecule has 0 bridgehead atoms. The lowest BCUT2D eigenvalue weighted by atomic mass is 10.4. The molecule has 0 aliphatic carbocycles. The highest BCUT2D eigenvalue weighted by Crippen LogP contribution is 2.29. The highest BCUT2D eigenvalue weighted by molar-refractivity contribution is 7.99. The van der Waals surface area contributed by atoms with Gasteiger partial charge in [-0.15, -0.1) is 11.6 Å². The second-order valence-corrected chi connectivity index (χ2v) is 4.52. The maximum absolute atomic E-state index is 12.3. The summed E-state index contributed by atoms with van der Waals surface area (Å²) in [4.78, 5) is 7.13. The van der Waals surface area contributed by atoms with Crippen LogP contribution < -0.4 is 0 Å². The molecular weight excluding hydrogens is 249 g/mol. The average molecular weight is 257 g/mol. The molecule has 0 radical (unpaired) electrons. The summed E-state index contributed by atoms with van der Waals surface area (Å²) in [6.45, 7) is 1.79. The van der Waals surface area contributed by atoms with Gasteiger partial charge >= 0.3 is 6.18 Å². The molecule has 0 saturated carbocycles. The zero-order valence-corrected chi connectivity index (χ0v) is 9.33. The molecular formula is C8H8ClF3N2S. The molecule has 0 N–H and O–H groups in total. The first-order valence-corrected chi connectivity index (χ1v) is 5.47. The van der Waals surface area contributed by atoms with Gasteiger partial charge < -0.3 is 0 Å². The van der Waals surface area contributed by atoms with E-state index in [1.54, 1.807) is 6.92 Å². The molecule has 1 atom stereocenters. The number of thioether (sulfide) groups is 1. The van der Waals surface area contributed by atoms with Crippen LogP contribution in [0.3, 0.4) is 0 Å². The molecule has 0 fully saturated rings. The Bertz CT molecular complexity index is 332. The van der Waals surface area contributed by atoms with Gasteiger partial charge in [0.25, 0.3) is 0 Å². The predicted molar refractivity (Wildman–Crippen MR) is 53.1 cm³/mol. The Kier molecular flexibility index (Phi) is 4.21. The van der Waals surface area contributed by atoms with Crippen molar-refractivity contribution in [1.82, 2.24) is 9.97 Å². The maximum Gasteiger partial charge on any atom is 0.433 e. The highest BCUT2D eigenvalue weighted by atomic mass is 35.5. The molecule has 0 amide bonds. The molecule has 0 saturated heterocycles. The van der Waals surface area contributed by atoms with Crippen LogP contribution in [0.1, 0.15) is 12.6 Å². The lowest BCUT2D eigenvalue weighted by molar-refractivity contribution is -0.141. The Morgan fingerprint density at radius 2 is 2.20 bits per heavy atom. The van der Waals surface area contributed by atoms with Crippen molar-refractivity contribution in [3.05, 3.63) is 18.0 Å². The van der Waals surface area contributed by atoms with Gasteiger partial charge in [0.1, 0.15) is 5.69 Å². The molecule has 1 rings (SSSR count). The van der Waals surface area contributed by atoms with Crippen molar-refractivity contribution in [3.63, 3.8) is 0 Å². The minimum atomic E-state index is -4.43. The number of halogens is 4. The second-order valence-electron chi connectivity index (χ2n) is 2.80. The van der Waals surface area contributed by atoms with Crippen LogP contribution in [0.25, 0.3) is 0 Å². The van der Waals surface area contributed by atoms with E-state index in [1.807, 2.05) is 0 Å². The average Bonchev–Trinajstić information content (AvgIpc) is 2.17. The topological polar surface area (TPSA) is 25.8 Å². The fourth-order valence-electron chi connectivity index (χ4n) is 0.767. The molecule has 0 aromatic carbocycles. The number of hydrogen-bond donors (Lipinski definition) is 0. The first kappa shape index (κ1) is 12.6. The molecule has 1 aromatic rings. The van der Waals surface area contributed by atoms with Crippen LogP contribution >= 0.6 is 23.4 Å². The Morgan fingerprint density at radius 1 is 1.53 bits per heavy atom. The van der Waals surface area contributed by atoms with Crippen molar-refractivity contribution in [2.45, 2.75) is 23.5 Å². The van der Waals surface area contributed by atoms with Gasteiger partial charge in [-0.2, -0.15) is 13.2 Å². The summed E-state index contributed by atoms with van der Waals surface area (Å²) >= 11 is 6.65. The molecule has 0 spiro atoms. The number of nitrogens with zero attached hydrogens (tertiary/aromatic N) is 2. The van der Waals surface area contributed by atoms with Crippen LogP contribution in [0.5, 0.6) is 0 Å². The molecule has 84 valence electrons. The van der Waals surface area contributed by atoms with E-state index in [9.17, 15) is 13.2 Å². The maximum atomic E-state index is 12.3. The fraction of sp³-hybridized carbons (Fsp3) is 0.500. The Labute approximate surface area is 94.3 Å². The standard InChI is InChI=1S/C8H8ClF3N2S/c1-5(4-9)15-7-13-3-2-6(14-7)8(10,11)12/h2-3,5H,4H2,1H3. The third-order valence-corrected chi connectivity index (χ3v) is 3.07. The first-order chi connectivity index (χ1) is 6.93. The lowest BCUT2D eigenvalue weighted by Crippen LogP contribution is -2.09. The van der Waals surface area contributed by atoms with Crippen molar-refractivity contribution >= 4 is 23.4 Å². The van der Waals surface area contributed by atoms with Gasteiger partial charge in [0, 0.05) is 17.3 Å². The summed E-state index contributed by atoms with van der Waals surface area (Å²) in [5.41, 5.74) is -0.929. The zero-order valence-electron chi connectivity index (χ0n) is 7.75. The molecule has 2 nitrogen and oxygen atoms in total. The van der Waals surface area contributed by atoms with Crippen molar-refractivity contribution in [2.75, 3.05) is 5.88 Å². The minimum Gasteiger partial charge on any atom is -0.231 e. The van der Waals surface area contributed by atoms with Crippen LogP contribution in [-0.2, 0) is 6.18 Å². The second kappa shape index (κ2) is 5.03. The normalized spacial score (nSPS) is 13.9. The Balaban J connectivity index is 2.84. The first-order valence-electron chi connectivity index (χ1n) is 4.06. The van der Waals surface area contributed by atoms with Crippen molar-refractivity contribution in [3.8, 4) is 0 Å². The van der Waals surface area contributed by atoms with E-state index in [0.717, 1.165) is 24.0 Å². The van der Waals surface area contributed by atoms with Crippen molar-refractivity contribution < 1.29 is 13.2 Å². The van der Waals surface area contributed by atoms with Crippen LogP contribution in [-0.4, -0.2) is 21.1 Å². The van der Waals surface area contributed by atoms with E-state index in [1.165, 1.54) is 0 Å². The van der Waals surface area contributed by atoms with Gasteiger partial charge in [-0.1, -0.05) is 18.7 Å². The molecule has 7 heteroatoms. The summed E-state index contributed by atoms with van der Waals surface area (Å²) in [6, 6.07) is 0.843.